The highest BCUT2D eigenvalue weighted by Crippen LogP contribution is 2.35. The first-order valence-electron chi connectivity index (χ1n) is 6.48. The predicted molar refractivity (Wildman–Crippen MR) is 66.4 cm³/mol. The Hall–Kier alpha value is -0.630. The summed E-state index contributed by atoms with van der Waals surface area (Å²) in [5.74, 6) is 0.290. The Bertz CT molecular complexity index is 263. The Morgan fingerprint density at radius 3 is 2.82 bits per heavy atom. The number of rotatable bonds is 7. The smallest absolute Gasteiger partial charge is 0.107 e. The van der Waals surface area contributed by atoms with Gasteiger partial charge in [-0.25, -0.2) is 0 Å². The third-order valence-corrected chi connectivity index (χ3v) is 3.37. The van der Waals surface area contributed by atoms with Gasteiger partial charge in [0.25, 0.3) is 0 Å². The van der Waals surface area contributed by atoms with Crippen molar-refractivity contribution in [1.29, 1.82) is 5.26 Å². The summed E-state index contributed by atoms with van der Waals surface area (Å²) in [6, 6.07) is 2.25. The summed E-state index contributed by atoms with van der Waals surface area (Å²) >= 11 is 0. The molecule has 1 aliphatic rings. The molecule has 0 aliphatic heterocycles. The normalized spacial score (nSPS) is 28.5. The van der Waals surface area contributed by atoms with E-state index in [1.165, 1.54) is 0 Å². The average molecular weight is 240 g/mol. The van der Waals surface area contributed by atoms with Gasteiger partial charge in [-0.3, -0.25) is 0 Å². The maximum Gasteiger partial charge on any atom is 0.107 e. The number of nitriles is 1. The molecular formula is C13H24N2O2. The second kappa shape index (κ2) is 6.95. The van der Waals surface area contributed by atoms with E-state index >= 15 is 0 Å². The lowest BCUT2D eigenvalue weighted by Crippen LogP contribution is -2.42. The zero-order chi connectivity index (χ0) is 12.7. The summed E-state index contributed by atoms with van der Waals surface area (Å²) < 4.78 is 10.9. The lowest BCUT2D eigenvalue weighted by molar-refractivity contribution is 0.0155. The molecule has 0 aromatic rings. The van der Waals surface area contributed by atoms with E-state index < -0.39 is 5.54 Å². The van der Waals surface area contributed by atoms with Crippen molar-refractivity contribution in [2.75, 3.05) is 19.8 Å². The quantitative estimate of drug-likeness (QED) is 0.689. The van der Waals surface area contributed by atoms with Crippen LogP contribution in [0.3, 0.4) is 0 Å². The molecule has 2 N–H and O–H groups in total. The monoisotopic (exact) mass is 240 g/mol. The lowest BCUT2D eigenvalue weighted by atomic mass is 9.87. The zero-order valence-electron chi connectivity index (χ0n) is 10.9. The first-order chi connectivity index (χ1) is 8.08. The molecule has 4 heteroatoms. The highest BCUT2D eigenvalue weighted by molar-refractivity contribution is 5.11. The van der Waals surface area contributed by atoms with Crippen LogP contribution in [0, 0.1) is 17.2 Å². The van der Waals surface area contributed by atoms with Gasteiger partial charge in [0.1, 0.15) is 5.54 Å². The minimum Gasteiger partial charge on any atom is -0.379 e. The topological polar surface area (TPSA) is 68.3 Å². The van der Waals surface area contributed by atoms with Crippen molar-refractivity contribution >= 4 is 0 Å². The molecule has 0 aromatic heterocycles. The summed E-state index contributed by atoms with van der Waals surface area (Å²) in [6.45, 7) is 5.94. The molecule has 0 heterocycles. The maximum atomic E-state index is 9.06. The van der Waals surface area contributed by atoms with Crippen LogP contribution in [0.2, 0.25) is 0 Å². The number of hydrogen-bond acceptors (Lipinski definition) is 4. The highest BCUT2D eigenvalue weighted by atomic mass is 16.5. The maximum absolute atomic E-state index is 9.06. The fourth-order valence-corrected chi connectivity index (χ4v) is 2.32. The van der Waals surface area contributed by atoms with Gasteiger partial charge in [-0.15, -0.1) is 0 Å². The zero-order valence-corrected chi connectivity index (χ0v) is 10.9. The Labute approximate surface area is 104 Å². The van der Waals surface area contributed by atoms with Gasteiger partial charge < -0.3 is 15.2 Å². The summed E-state index contributed by atoms with van der Waals surface area (Å²) in [7, 11) is 0. The number of nitrogens with zero attached hydrogens (tertiary/aromatic N) is 1. The van der Waals surface area contributed by atoms with Crippen LogP contribution < -0.4 is 5.73 Å². The van der Waals surface area contributed by atoms with Gasteiger partial charge in [0.05, 0.1) is 25.4 Å². The Kier molecular flexibility index (Phi) is 5.90. The second-order valence-corrected chi connectivity index (χ2v) is 5.06. The third-order valence-electron chi connectivity index (χ3n) is 3.37. The molecule has 2 unspecified atom stereocenters. The van der Waals surface area contributed by atoms with E-state index in [9.17, 15) is 0 Å². The molecule has 0 amide bonds. The Balaban J connectivity index is 2.09. The molecular weight excluding hydrogens is 216 g/mol. The third kappa shape index (κ3) is 4.63. The Morgan fingerprint density at radius 2 is 2.18 bits per heavy atom. The van der Waals surface area contributed by atoms with E-state index in [1.807, 2.05) is 13.8 Å². The van der Waals surface area contributed by atoms with E-state index in [0.717, 1.165) is 25.7 Å². The molecule has 0 bridgehead atoms. The minimum absolute atomic E-state index is 0.253. The van der Waals surface area contributed by atoms with Crippen molar-refractivity contribution in [2.45, 2.75) is 51.2 Å². The molecule has 1 aliphatic carbocycles. The van der Waals surface area contributed by atoms with Gasteiger partial charge in [0, 0.05) is 6.61 Å². The summed E-state index contributed by atoms with van der Waals surface area (Å²) in [6.07, 6.45) is 4.07. The first-order valence-corrected chi connectivity index (χ1v) is 6.48. The second-order valence-electron chi connectivity index (χ2n) is 5.06. The van der Waals surface area contributed by atoms with Crippen molar-refractivity contribution in [3.8, 4) is 6.07 Å². The van der Waals surface area contributed by atoms with Gasteiger partial charge in [-0.1, -0.05) is 6.42 Å². The van der Waals surface area contributed by atoms with E-state index in [1.54, 1.807) is 0 Å². The lowest BCUT2D eigenvalue weighted by Gasteiger charge is -2.23. The first kappa shape index (κ1) is 14.4. The van der Waals surface area contributed by atoms with Crippen LogP contribution in [0.5, 0.6) is 0 Å². The molecule has 1 fully saturated rings. The van der Waals surface area contributed by atoms with Crippen LogP contribution >= 0.6 is 0 Å². The van der Waals surface area contributed by atoms with Gasteiger partial charge in [0.15, 0.2) is 0 Å². The highest BCUT2D eigenvalue weighted by Gasteiger charge is 2.39. The van der Waals surface area contributed by atoms with E-state index in [4.69, 9.17) is 20.5 Å². The van der Waals surface area contributed by atoms with E-state index in [-0.39, 0.29) is 6.10 Å². The molecule has 4 nitrogen and oxygen atoms in total. The van der Waals surface area contributed by atoms with Gasteiger partial charge >= 0.3 is 0 Å². The molecule has 0 radical (unpaired) electrons. The van der Waals surface area contributed by atoms with E-state index in [2.05, 4.69) is 6.07 Å². The van der Waals surface area contributed by atoms with Gasteiger partial charge in [-0.2, -0.15) is 5.26 Å². The average Bonchev–Trinajstić information content (AvgIpc) is 2.66. The Morgan fingerprint density at radius 1 is 1.41 bits per heavy atom. The van der Waals surface area contributed by atoms with Gasteiger partial charge in [0.2, 0.25) is 0 Å². The number of hydrogen-bond donors (Lipinski definition) is 1. The molecule has 2 atom stereocenters. The fraction of sp³-hybridized carbons (Fsp3) is 0.923. The van der Waals surface area contributed by atoms with Crippen LogP contribution in [-0.2, 0) is 9.47 Å². The van der Waals surface area contributed by atoms with Crippen molar-refractivity contribution in [3.05, 3.63) is 0 Å². The summed E-state index contributed by atoms with van der Waals surface area (Å²) in [5.41, 5.74) is 5.43. The van der Waals surface area contributed by atoms with Crippen LogP contribution in [0.15, 0.2) is 0 Å². The SMILES string of the molecule is CC(C)OCCOCCC1CCCC1(N)C#N. The summed E-state index contributed by atoms with van der Waals surface area (Å²) in [4.78, 5) is 0. The molecule has 1 saturated carbocycles. The van der Waals surface area contributed by atoms with E-state index in [0.29, 0.717) is 25.7 Å². The standard InChI is InChI=1S/C13H24N2O2/c1-11(2)17-9-8-16-7-5-12-4-3-6-13(12,15)10-14/h11-12H,3-9,15H2,1-2H3. The molecule has 0 saturated heterocycles. The van der Waals surface area contributed by atoms with Crippen LogP contribution in [0.25, 0.3) is 0 Å². The van der Waals surface area contributed by atoms with Crippen molar-refractivity contribution in [2.24, 2.45) is 11.7 Å². The number of ether oxygens (including phenoxy) is 2. The minimum atomic E-state index is -0.613. The molecule has 17 heavy (non-hydrogen) atoms. The van der Waals surface area contributed by atoms with Crippen molar-refractivity contribution in [3.63, 3.8) is 0 Å². The number of nitrogens with two attached hydrogens (primary N) is 1. The van der Waals surface area contributed by atoms with Crippen molar-refractivity contribution < 1.29 is 9.47 Å². The molecule has 1 rings (SSSR count). The fourth-order valence-electron chi connectivity index (χ4n) is 2.32. The van der Waals surface area contributed by atoms with Crippen LogP contribution in [-0.4, -0.2) is 31.5 Å². The molecule has 98 valence electrons. The predicted octanol–water partition coefficient (Wildman–Crippen LogP) is 1.84. The van der Waals surface area contributed by atoms with Gasteiger partial charge in [-0.05, 0) is 39.0 Å². The van der Waals surface area contributed by atoms with Crippen LogP contribution in [0.1, 0.15) is 39.5 Å². The summed E-state index contributed by atoms with van der Waals surface area (Å²) in [5, 5.41) is 9.06. The van der Waals surface area contributed by atoms with Crippen LogP contribution in [0.4, 0.5) is 0 Å². The largest absolute Gasteiger partial charge is 0.379 e. The molecule has 0 spiro atoms. The molecule has 0 aromatic carbocycles. The van der Waals surface area contributed by atoms with Crippen molar-refractivity contribution in [1.82, 2.24) is 0 Å².